The van der Waals surface area contributed by atoms with E-state index in [1.165, 1.54) is 144 Å². The van der Waals surface area contributed by atoms with Crippen LogP contribution in [0, 0.1) is 0 Å². The molecule has 0 bridgehead atoms. The van der Waals surface area contributed by atoms with Crippen LogP contribution < -0.4 is 9.80 Å². The smallest absolute Gasteiger partial charge is 0.0720 e. The number of benzene rings is 20. The third-order valence-corrected chi connectivity index (χ3v) is 27.6. The number of anilines is 6. The molecule has 0 atom stereocenters. The van der Waals surface area contributed by atoms with E-state index in [4.69, 9.17) is 0 Å². The number of nitrogens with zero attached hydrogens (tertiary/aromatic N) is 2. The van der Waals surface area contributed by atoms with Crippen LogP contribution >= 0.6 is 0 Å². The minimum atomic E-state index is -0.670. The van der Waals surface area contributed by atoms with E-state index in [2.05, 4.69) is 485 Å². The molecule has 0 N–H and O–H groups in total. The molecule has 20 aromatic carbocycles. The highest BCUT2D eigenvalue weighted by Gasteiger charge is 2.58. The van der Waals surface area contributed by atoms with E-state index in [1.54, 1.807) is 0 Å². The molecule has 0 saturated heterocycles. The molecule has 122 heavy (non-hydrogen) atoms. The van der Waals surface area contributed by atoms with Gasteiger partial charge in [-0.15, -0.1) is 0 Å². The third kappa shape index (κ3) is 10.4. The molecule has 4 aliphatic rings. The summed E-state index contributed by atoms with van der Waals surface area (Å²) in [5, 5.41) is 7.29. The van der Waals surface area contributed by atoms with E-state index in [9.17, 15) is 0 Å². The second kappa shape index (κ2) is 27.7. The summed E-state index contributed by atoms with van der Waals surface area (Å²) >= 11 is 0. The van der Waals surface area contributed by atoms with Crippen LogP contribution in [0.2, 0.25) is 0 Å². The van der Waals surface area contributed by atoms with E-state index in [0.29, 0.717) is 0 Å². The van der Waals surface area contributed by atoms with Gasteiger partial charge in [-0.1, -0.05) is 390 Å². The quantitative estimate of drug-likeness (QED) is 0.113. The Kier molecular flexibility index (Phi) is 16.1. The van der Waals surface area contributed by atoms with Gasteiger partial charge in [-0.3, -0.25) is 0 Å². The minimum absolute atomic E-state index is 0.222. The van der Waals surface area contributed by atoms with Crippen molar-refractivity contribution in [2.24, 2.45) is 0 Å². The third-order valence-electron chi connectivity index (χ3n) is 27.6. The summed E-state index contributed by atoms with van der Waals surface area (Å²) in [7, 11) is 0. The predicted molar refractivity (Wildman–Crippen MR) is 509 cm³/mol. The highest BCUT2D eigenvalue weighted by Crippen LogP contribution is 2.67. The minimum Gasteiger partial charge on any atom is -0.310 e. The van der Waals surface area contributed by atoms with Crippen molar-refractivity contribution in [1.29, 1.82) is 0 Å². The van der Waals surface area contributed by atoms with Crippen LogP contribution in [0.4, 0.5) is 34.1 Å². The Morgan fingerprint density at radius 1 is 0.148 bits per heavy atom. The van der Waals surface area contributed by atoms with Crippen LogP contribution in [-0.2, 0) is 21.7 Å². The zero-order chi connectivity index (χ0) is 80.8. The van der Waals surface area contributed by atoms with E-state index in [-0.39, 0.29) is 5.41 Å². The zero-order valence-electron chi connectivity index (χ0n) is 67.8. The first-order valence-electron chi connectivity index (χ1n) is 42.8. The SMILES string of the molecule is CC1(C)c2ccccc2C2(c3ccccc3-c3ccc(N(c4ccc(-c5ccccc5)cc4)c4cc(-c5ccccc5)cc(-c5ccc(-c6ccc7c(c6)c6ccccc6c6ccc(N(c8ccccc8)c8ccc9c(c8)C8(c%10ccccc%10-9)c9ccccc9C(c9ccccc9)(c9ccccc9)c9ccccc98)cc67)cc5)c4)cc32)c2ccccc21. The number of hydrogen-bond acceptors (Lipinski definition) is 2. The molecule has 0 radical (unpaired) electrons. The van der Waals surface area contributed by atoms with Crippen LogP contribution in [0.1, 0.15) is 91.7 Å². The first-order chi connectivity index (χ1) is 60.3. The summed E-state index contributed by atoms with van der Waals surface area (Å²) in [6, 6.07) is 174. The molecule has 0 unspecified atom stereocenters. The first-order valence-corrected chi connectivity index (χ1v) is 42.8. The molecule has 2 nitrogen and oxygen atoms in total. The number of rotatable bonds is 12. The van der Waals surface area contributed by atoms with E-state index >= 15 is 0 Å². The maximum absolute atomic E-state index is 2.53. The Hall–Kier alpha value is -15.2. The molecular weight excluding hydrogens is 1470 g/mol. The molecule has 2 spiro atoms. The second-order valence-electron chi connectivity index (χ2n) is 34.0. The van der Waals surface area contributed by atoms with Crippen LogP contribution in [0.25, 0.3) is 99.1 Å². The molecule has 20 aromatic rings. The molecule has 4 aliphatic carbocycles. The molecule has 24 rings (SSSR count). The highest BCUT2D eigenvalue weighted by atomic mass is 15.1. The molecule has 0 saturated carbocycles. The van der Waals surface area contributed by atoms with Crippen molar-refractivity contribution >= 4 is 66.4 Å². The van der Waals surface area contributed by atoms with E-state index in [1.807, 2.05) is 0 Å². The van der Waals surface area contributed by atoms with E-state index in [0.717, 1.165) is 67.5 Å². The van der Waals surface area contributed by atoms with Gasteiger partial charge in [-0.2, -0.15) is 0 Å². The monoisotopic (exact) mass is 1550 g/mol. The van der Waals surface area contributed by atoms with Gasteiger partial charge >= 0.3 is 0 Å². The van der Waals surface area contributed by atoms with Crippen molar-refractivity contribution in [2.45, 2.75) is 35.5 Å². The van der Waals surface area contributed by atoms with Crippen molar-refractivity contribution in [3.8, 4) is 66.8 Å². The van der Waals surface area contributed by atoms with Gasteiger partial charge < -0.3 is 9.80 Å². The van der Waals surface area contributed by atoms with Gasteiger partial charge in [-0.05, 0) is 262 Å². The summed E-state index contributed by atoms with van der Waals surface area (Å²) in [5.41, 5.74) is 36.9. The molecule has 572 valence electrons. The summed E-state index contributed by atoms with van der Waals surface area (Å²) in [6.07, 6.45) is 0. The van der Waals surface area contributed by atoms with Gasteiger partial charge in [0.1, 0.15) is 0 Å². The fourth-order valence-electron chi connectivity index (χ4n) is 22.4. The molecule has 0 aromatic heterocycles. The predicted octanol–water partition coefficient (Wildman–Crippen LogP) is 30.8. The van der Waals surface area contributed by atoms with Crippen LogP contribution in [0.5, 0.6) is 0 Å². The summed E-state index contributed by atoms with van der Waals surface area (Å²) in [6.45, 7) is 4.81. The van der Waals surface area contributed by atoms with Gasteiger partial charge in [0, 0.05) is 39.5 Å². The van der Waals surface area contributed by atoms with Crippen LogP contribution in [0.15, 0.2) is 461 Å². The highest BCUT2D eigenvalue weighted by molar-refractivity contribution is 6.26. The number of fused-ring (bicyclic) bond motifs is 24. The standard InChI is InChI=1S/C120H82N2/c1-117(2)107-48-24-26-50-109(107)119(110-51-27-25-49-108(110)117)105-46-22-20-44-99(105)101-71-67-93(78-115(101)119)122(90-63-60-81(61-64-90)79-32-8-3-9-33-79)94-73-85(80-34-10-4-11-35-80)72-86(74-94)83-58-56-82(57-59-83)84-62-68-98-103(75-84)96-43-19-18-42-95(96)97-69-65-91(76-104(97)98)121(89-40-16-7-17-41-89)92-66-70-102-100-45-21-23-47-106(100)120(116(102)77-92)113-54-30-28-52-111(113)118(87-36-12-5-13-37-87,88-38-14-6-15-39-88)112-53-29-31-55-114(112)120/h3-78H,1-2H3. The zero-order valence-corrected chi connectivity index (χ0v) is 67.8. The Balaban J connectivity index is 0.636. The lowest BCUT2D eigenvalue weighted by Crippen LogP contribution is -2.44. The Labute approximate surface area is 712 Å². The van der Waals surface area contributed by atoms with Crippen molar-refractivity contribution in [2.75, 3.05) is 9.80 Å². The topological polar surface area (TPSA) is 6.48 Å². The largest absolute Gasteiger partial charge is 0.310 e. The molecule has 0 aliphatic heterocycles. The van der Waals surface area contributed by atoms with Gasteiger partial charge in [-0.25, -0.2) is 0 Å². The van der Waals surface area contributed by atoms with Crippen LogP contribution in [-0.4, -0.2) is 0 Å². The summed E-state index contributed by atoms with van der Waals surface area (Å²) in [4.78, 5) is 4.99. The van der Waals surface area contributed by atoms with Gasteiger partial charge in [0.25, 0.3) is 0 Å². The average Bonchev–Trinajstić information content (AvgIpc) is 1.38. The lowest BCUT2D eigenvalue weighted by molar-refractivity contribution is 0.563. The fraction of sp³-hybridized carbons (Fsp3) is 0.0500. The lowest BCUT2D eigenvalue weighted by atomic mass is 9.51. The number of hydrogen-bond donors (Lipinski definition) is 0. The van der Waals surface area contributed by atoms with Gasteiger partial charge in [0.2, 0.25) is 0 Å². The molecule has 0 amide bonds. The van der Waals surface area contributed by atoms with Gasteiger partial charge in [0.15, 0.2) is 0 Å². The molecule has 2 heteroatoms. The summed E-state index contributed by atoms with van der Waals surface area (Å²) in [5.74, 6) is 0. The molecular formula is C120H82N2. The molecule has 0 heterocycles. The van der Waals surface area contributed by atoms with Crippen molar-refractivity contribution < 1.29 is 0 Å². The summed E-state index contributed by atoms with van der Waals surface area (Å²) < 4.78 is 0. The molecule has 0 fully saturated rings. The normalized spacial score (nSPS) is 14.1. The second-order valence-corrected chi connectivity index (χ2v) is 34.0. The van der Waals surface area contributed by atoms with Crippen molar-refractivity contribution in [3.05, 3.63) is 539 Å². The fourth-order valence-corrected chi connectivity index (χ4v) is 22.4. The lowest BCUT2D eigenvalue weighted by Gasteiger charge is -2.50. The van der Waals surface area contributed by atoms with Gasteiger partial charge in [0.05, 0.1) is 16.2 Å². The van der Waals surface area contributed by atoms with Crippen molar-refractivity contribution in [3.63, 3.8) is 0 Å². The average molecular weight is 1550 g/mol. The maximum atomic E-state index is 2.53. The maximum Gasteiger partial charge on any atom is 0.0720 e. The Morgan fingerprint density at radius 3 is 0.934 bits per heavy atom. The van der Waals surface area contributed by atoms with Crippen molar-refractivity contribution in [1.82, 2.24) is 0 Å². The van der Waals surface area contributed by atoms with Crippen LogP contribution in [0.3, 0.4) is 0 Å². The Morgan fingerprint density at radius 2 is 0.434 bits per heavy atom. The number of para-hydroxylation sites is 1. The van der Waals surface area contributed by atoms with E-state index < -0.39 is 16.2 Å². The first kappa shape index (κ1) is 70.9. The Bertz CT molecular complexity index is 7440.